The summed E-state index contributed by atoms with van der Waals surface area (Å²) in [5.41, 5.74) is 5.42. The number of benzene rings is 3. The molecule has 0 fully saturated rings. The third-order valence-electron chi connectivity index (χ3n) is 4.52. The van der Waals surface area contributed by atoms with Crippen LogP contribution in [0.15, 0.2) is 60.7 Å². The second kappa shape index (κ2) is 5.56. The standard InChI is InChI=1S/C21H19NSe/c1-14-8-4-7-11-20(14)23-21-13-17-16-9-5-6-10-18(16)22(3)19(17)12-15(21)2/h4-13H,1-3H3. The first-order valence-electron chi connectivity index (χ1n) is 7.86. The molecule has 0 aliphatic heterocycles. The van der Waals surface area contributed by atoms with E-state index in [1.54, 1.807) is 0 Å². The third-order valence-corrected chi connectivity index (χ3v) is 7.33. The molecule has 23 heavy (non-hydrogen) atoms. The summed E-state index contributed by atoms with van der Waals surface area (Å²) in [4.78, 5) is 0. The van der Waals surface area contributed by atoms with Gasteiger partial charge in [-0.3, -0.25) is 0 Å². The van der Waals surface area contributed by atoms with Crippen molar-refractivity contribution in [3.63, 3.8) is 0 Å². The Labute approximate surface area is 143 Å². The van der Waals surface area contributed by atoms with Gasteiger partial charge in [-0.25, -0.2) is 0 Å². The van der Waals surface area contributed by atoms with Crippen LogP contribution in [-0.2, 0) is 7.05 Å². The summed E-state index contributed by atoms with van der Waals surface area (Å²) in [6, 6.07) is 22.2. The Kier molecular flexibility index (Phi) is 3.52. The first-order valence-corrected chi connectivity index (χ1v) is 9.58. The Hall–Kier alpha value is -2.02. The molecule has 0 amide bonds. The quantitative estimate of drug-likeness (QED) is 0.479. The van der Waals surface area contributed by atoms with Crippen LogP contribution in [0.3, 0.4) is 0 Å². The van der Waals surface area contributed by atoms with Gasteiger partial charge < -0.3 is 0 Å². The van der Waals surface area contributed by atoms with Crippen molar-refractivity contribution in [2.45, 2.75) is 13.8 Å². The van der Waals surface area contributed by atoms with E-state index in [0.29, 0.717) is 15.0 Å². The van der Waals surface area contributed by atoms with Gasteiger partial charge in [-0.2, -0.15) is 0 Å². The van der Waals surface area contributed by atoms with E-state index < -0.39 is 0 Å². The second-order valence-electron chi connectivity index (χ2n) is 6.08. The molecule has 3 aromatic carbocycles. The average molecular weight is 364 g/mol. The summed E-state index contributed by atoms with van der Waals surface area (Å²) in [5, 5.41) is 2.73. The maximum absolute atomic E-state index is 2.42. The molecule has 0 bridgehead atoms. The predicted octanol–water partition coefficient (Wildman–Crippen LogP) is 3.60. The van der Waals surface area contributed by atoms with Crippen molar-refractivity contribution in [1.82, 2.24) is 4.57 Å². The van der Waals surface area contributed by atoms with Crippen LogP contribution in [-0.4, -0.2) is 19.5 Å². The van der Waals surface area contributed by atoms with Crippen LogP contribution in [0.1, 0.15) is 11.1 Å². The van der Waals surface area contributed by atoms with Crippen LogP contribution in [0.5, 0.6) is 0 Å². The summed E-state index contributed by atoms with van der Waals surface area (Å²) < 4.78 is 5.26. The van der Waals surface area contributed by atoms with Crippen molar-refractivity contribution >= 4 is 45.7 Å². The van der Waals surface area contributed by atoms with Gasteiger partial charge in [0, 0.05) is 0 Å². The molecule has 4 rings (SSSR count). The van der Waals surface area contributed by atoms with Crippen LogP contribution >= 0.6 is 0 Å². The Morgan fingerprint density at radius 1 is 0.696 bits per heavy atom. The molecular formula is C21H19NSe. The van der Waals surface area contributed by atoms with Gasteiger partial charge in [0.2, 0.25) is 0 Å². The van der Waals surface area contributed by atoms with Crippen molar-refractivity contribution in [1.29, 1.82) is 0 Å². The van der Waals surface area contributed by atoms with E-state index in [4.69, 9.17) is 0 Å². The topological polar surface area (TPSA) is 4.93 Å². The third kappa shape index (κ3) is 2.39. The van der Waals surface area contributed by atoms with Gasteiger partial charge in [-0.05, 0) is 0 Å². The summed E-state index contributed by atoms with van der Waals surface area (Å²) in [5.74, 6) is 0. The Bertz CT molecular complexity index is 1030. The number of rotatable bonds is 2. The number of nitrogens with zero attached hydrogens (tertiary/aromatic N) is 1. The fraction of sp³-hybridized carbons (Fsp3) is 0.143. The van der Waals surface area contributed by atoms with Gasteiger partial charge in [0.05, 0.1) is 0 Å². The number of aromatic nitrogens is 1. The van der Waals surface area contributed by atoms with Crippen LogP contribution in [0.25, 0.3) is 21.8 Å². The van der Waals surface area contributed by atoms with Gasteiger partial charge in [-0.15, -0.1) is 0 Å². The molecule has 0 spiro atoms. The van der Waals surface area contributed by atoms with Crippen molar-refractivity contribution in [2.24, 2.45) is 7.05 Å². The summed E-state index contributed by atoms with van der Waals surface area (Å²) in [7, 11) is 2.16. The van der Waals surface area contributed by atoms with Gasteiger partial charge in [0.15, 0.2) is 0 Å². The van der Waals surface area contributed by atoms with E-state index in [-0.39, 0.29) is 0 Å². The minimum atomic E-state index is 0.348. The molecule has 2 heteroatoms. The first-order chi connectivity index (χ1) is 11.1. The molecule has 0 aliphatic rings. The molecule has 1 heterocycles. The molecule has 0 aliphatic carbocycles. The molecule has 0 N–H and O–H groups in total. The molecule has 4 aromatic rings. The van der Waals surface area contributed by atoms with E-state index in [9.17, 15) is 0 Å². The van der Waals surface area contributed by atoms with Gasteiger partial charge in [0.1, 0.15) is 0 Å². The van der Waals surface area contributed by atoms with Crippen molar-refractivity contribution in [3.05, 3.63) is 71.8 Å². The predicted molar refractivity (Wildman–Crippen MR) is 101 cm³/mol. The zero-order valence-corrected chi connectivity index (χ0v) is 15.3. The zero-order valence-electron chi connectivity index (χ0n) is 13.6. The molecule has 0 saturated carbocycles. The Balaban J connectivity index is 1.93. The van der Waals surface area contributed by atoms with E-state index in [0.717, 1.165) is 0 Å². The maximum atomic E-state index is 2.42. The average Bonchev–Trinajstić information content (AvgIpc) is 2.83. The van der Waals surface area contributed by atoms with Gasteiger partial charge >= 0.3 is 143 Å². The Morgan fingerprint density at radius 2 is 1.43 bits per heavy atom. The van der Waals surface area contributed by atoms with Crippen LogP contribution < -0.4 is 8.92 Å². The number of fused-ring (bicyclic) bond motifs is 3. The van der Waals surface area contributed by atoms with E-state index in [1.807, 2.05) is 0 Å². The SMILES string of the molecule is Cc1ccccc1[Se]c1cc2c3ccccc3n(C)c2cc1C. The minimum absolute atomic E-state index is 0.348. The zero-order chi connectivity index (χ0) is 16.0. The normalized spacial score (nSPS) is 11.4. The van der Waals surface area contributed by atoms with Crippen molar-refractivity contribution in [2.75, 3.05) is 0 Å². The van der Waals surface area contributed by atoms with Gasteiger partial charge in [0.25, 0.3) is 0 Å². The summed E-state index contributed by atoms with van der Waals surface area (Å²) in [6.45, 7) is 4.45. The van der Waals surface area contributed by atoms with Crippen molar-refractivity contribution < 1.29 is 0 Å². The Morgan fingerprint density at radius 3 is 2.26 bits per heavy atom. The van der Waals surface area contributed by atoms with Crippen LogP contribution in [0, 0.1) is 13.8 Å². The van der Waals surface area contributed by atoms with Crippen LogP contribution in [0.4, 0.5) is 0 Å². The number of hydrogen-bond acceptors (Lipinski definition) is 0. The van der Waals surface area contributed by atoms with E-state index in [2.05, 4.69) is 86.1 Å². The molecule has 114 valence electrons. The number of para-hydroxylation sites is 1. The summed E-state index contributed by atoms with van der Waals surface area (Å²) >= 11 is 0.348. The number of aryl methyl sites for hydroxylation is 3. The van der Waals surface area contributed by atoms with E-state index >= 15 is 0 Å². The van der Waals surface area contributed by atoms with Crippen LogP contribution in [0.2, 0.25) is 0 Å². The first kappa shape index (κ1) is 14.6. The fourth-order valence-electron chi connectivity index (χ4n) is 3.19. The number of hydrogen-bond donors (Lipinski definition) is 0. The second-order valence-corrected chi connectivity index (χ2v) is 8.35. The molecule has 0 radical (unpaired) electrons. The fourth-order valence-corrected chi connectivity index (χ4v) is 5.31. The van der Waals surface area contributed by atoms with E-state index in [1.165, 1.54) is 41.9 Å². The van der Waals surface area contributed by atoms with Gasteiger partial charge in [-0.1, -0.05) is 0 Å². The monoisotopic (exact) mass is 365 g/mol. The van der Waals surface area contributed by atoms with Crippen molar-refractivity contribution in [3.8, 4) is 0 Å². The molecule has 1 nitrogen and oxygen atoms in total. The molecule has 0 unspecified atom stereocenters. The molecular weight excluding hydrogens is 345 g/mol. The summed E-state index contributed by atoms with van der Waals surface area (Å²) in [6.07, 6.45) is 0. The molecule has 0 saturated heterocycles. The molecule has 0 atom stereocenters. The molecule has 1 aromatic heterocycles.